The molecule has 0 aliphatic rings. The van der Waals surface area contributed by atoms with Crippen LogP contribution in [0.5, 0.6) is 11.5 Å². The normalized spacial score (nSPS) is 10.4. The Kier molecular flexibility index (Phi) is 3.28. The van der Waals surface area contributed by atoms with Crippen LogP contribution in [-0.2, 0) is 0 Å². The minimum absolute atomic E-state index is 0.668. The first kappa shape index (κ1) is 12.5. The van der Waals surface area contributed by atoms with Gasteiger partial charge in [0.05, 0.1) is 5.69 Å². The van der Waals surface area contributed by atoms with Gasteiger partial charge in [-0.3, -0.25) is 0 Å². The Morgan fingerprint density at radius 1 is 0.889 bits per heavy atom. The molecule has 2 N–H and O–H groups in total. The lowest BCUT2D eigenvalue weighted by Crippen LogP contribution is -1.97. The van der Waals surface area contributed by atoms with Crippen molar-refractivity contribution in [2.75, 3.05) is 5.73 Å². The number of nitrogens with two attached hydrogens (primary N) is 1. The molecule has 0 bridgehead atoms. The van der Waals surface area contributed by atoms with Crippen molar-refractivity contribution in [3.63, 3.8) is 0 Å². The van der Waals surface area contributed by atoms with Gasteiger partial charge in [0.2, 0.25) is 0 Å². The Labute approximate surface area is 108 Å². The Balaban J connectivity index is 2.46. The van der Waals surface area contributed by atoms with Gasteiger partial charge in [0.15, 0.2) is 5.75 Å². The Hall–Kier alpha value is -1.96. The Morgan fingerprint density at radius 2 is 1.56 bits per heavy atom. The van der Waals surface area contributed by atoms with Gasteiger partial charge in [0.25, 0.3) is 0 Å². The van der Waals surface area contributed by atoms with Gasteiger partial charge in [0.1, 0.15) is 5.75 Å². The second-order valence-corrected chi connectivity index (χ2v) is 4.80. The first-order valence-electron chi connectivity index (χ1n) is 6.10. The molecule has 2 rings (SSSR count). The van der Waals surface area contributed by atoms with E-state index in [0.717, 1.165) is 28.2 Å². The van der Waals surface area contributed by atoms with E-state index in [1.165, 1.54) is 5.56 Å². The van der Waals surface area contributed by atoms with Gasteiger partial charge < -0.3 is 10.5 Å². The predicted molar refractivity (Wildman–Crippen MR) is 76.3 cm³/mol. The zero-order valence-electron chi connectivity index (χ0n) is 11.4. The average Bonchev–Trinajstić information content (AvgIpc) is 2.34. The van der Waals surface area contributed by atoms with E-state index in [1.807, 2.05) is 32.0 Å². The number of hydrogen-bond acceptors (Lipinski definition) is 2. The minimum Gasteiger partial charge on any atom is -0.455 e. The standard InChI is InChI=1S/C16H19NO/c1-10-5-8-14(17)15(9-10)18-16-12(3)7-6-11(2)13(16)4/h5-9H,17H2,1-4H3. The minimum atomic E-state index is 0.668. The van der Waals surface area contributed by atoms with E-state index in [4.69, 9.17) is 10.5 Å². The molecule has 2 nitrogen and oxygen atoms in total. The highest BCUT2D eigenvalue weighted by Crippen LogP contribution is 2.33. The number of hydrogen-bond donors (Lipinski definition) is 1. The molecule has 0 aromatic heterocycles. The largest absolute Gasteiger partial charge is 0.455 e. The SMILES string of the molecule is Cc1ccc(N)c(Oc2c(C)ccc(C)c2C)c1. The maximum atomic E-state index is 6.01. The van der Waals surface area contributed by atoms with Gasteiger partial charge in [-0.1, -0.05) is 18.2 Å². The van der Waals surface area contributed by atoms with Crippen LogP contribution in [0, 0.1) is 27.7 Å². The maximum Gasteiger partial charge on any atom is 0.150 e. The topological polar surface area (TPSA) is 35.2 Å². The van der Waals surface area contributed by atoms with Crippen molar-refractivity contribution in [2.24, 2.45) is 0 Å². The smallest absolute Gasteiger partial charge is 0.150 e. The summed E-state index contributed by atoms with van der Waals surface area (Å²) >= 11 is 0. The summed E-state index contributed by atoms with van der Waals surface area (Å²) in [5.41, 5.74) is 11.3. The Morgan fingerprint density at radius 3 is 2.28 bits per heavy atom. The molecule has 2 heteroatoms. The molecule has 2 aromatic carbocycles. The number of nitrogen functional groups attached to an aromatic ring is 1. The molecule has 0 spiro atoms. The van der Waals surface area contributed by atoms with Crippen molar-refractivity contribution < 1.29 is 4.74 Å². The van der Waals surface area contributed by atoms with Crippen LogP contribution in [0.4, 0.5) is 5.69 Å². The maximum absolute atomic E-state index is 6.01. The van der Waals surface area contributed by atoms with E-state index >= 15 is 0 Å². The molecule has 0 fully saturated rings. The molecule has 18 heavy (non-hydrogen) atoms. The molecule has 0 saturated heterocycles. The van der Waals surface area contributed by atoms with Crippen molar-refractivity contribution in [3.8, 4) is 11.5 Å². The summed E-state index contributed by atoms with van der Waals surface area (Å²) in [4.78, 5) is 0. The molecule has 0 saturated carbocycles. The fourth-order valence-corrected chi connectivity index (χ4v) is 1.92. The molecule has 0 unspecified atom stereocenters. The van der Waals surface area contributed by atoms with Crippen LogP contribution < -0.4 is 10.5 Å². The van der Waals surface area contributed by atoms with Crippen LogP contribution in [-0.4, -0.2) is 0 Å². The average molecular weight is 241 g/mol. The zero-order chi connectivity index (χ0) is 13.3. The third-order valence-corrected chi connectivity index (χ3v) is 3.25. The van der Waals surface area contributed by atoms with E-state index in [0.29, 0.717) is 5.69 Å². The summed E-state index contributed by atoms with van der Waals surface area (Å²) in [6.45, 7) is 8.24. The molecule has 94 valence electrons. The highest BCUT2D eigenvalue weighted by molar-refractivity contribution is 5.57. The third kappa shape index (κ3) is 2.33. The quantitative estimate of drug-likeness (QED) is 0.796. The summed E-state index contributed by atoms with van der Waals surface area (Å²) in [6, 6.07) is 10.0. The fourth-order valence-electron chi connectivity index (χ4n) is 1.92. The third-order valence-electron chi connectivity index (χ3n) is 3.25. The van der Waals surface area contributed by atoms with E-state index in [1.54, 1.807) is 0 Å². The van der Waals surface area contributed by atoms with Crippen LogP contribution in [0.2, 0.25) is 0 Å². The molecule has 0 radical (unpaired) electrons. The summed E-state index contributed by atoms with van der Waals surface area (Å²) in [5.74, 6) is 1.64. The number of anilines is 1. The number of benzene rings is 2. The van der Waals surface area contributed by atoms with Gasteiger partial charge in [-0.05, 0) is 62.1 Å². The molecule has 0 aliphatic carbocycles. The van der Waals surface area contributed by atoms with Crippen molar-refractivity contribution in [2.45, 2.75) is 27.7 Å². The van der Waals surface area contributed by atoms with E-state index in [9.17, 15) is 0 Å². The monoisotopic (exact) mass is 241 g/mol. The number of ether oxygens (including phenoxy) is 1. The molecular formula is C16H19NO. The summed E-state index contributed by atoms with van der Waals surface area (Å²) in [5, 5.41) is 0. The van der Waals surface area contributed by atoms with Gasteiger partial charge in [-0.25, -0.2) is 0 Å². The van der Waals surface area contributed by atoms with Crippen molar-refractivity contribution >= 4 is 5.69 Å². The highest BCUT2D eigenvalue weighted by Gasteiger charge is 2.09. The van der Waals surface area contributed by atoms with Crippen LogP contribution in [0.3, 0.4) is 0 Å². The van der Waals surface area contributed by atoms with Crippen molar-refractivity contribution in [1.82, 2.24) is 0 Å². The van der Waals surface area contributed by atoms with E-state index in [2.05, 4.69) is 26.0 Å². The first-order valence-corrected chi connectivity index (χ1v) is 6.10. The number of rotatable bonds is 2. The zero-order valence-corrected chi connectivity index (χ0v) is 11.4. The molecule has 0 atom stereocenters. The highest BCUT2D eigenvalue weighted by atomic mass is 16.5. The Bertz CT molecular complexity index is 588. The molecule has 0 aliphatic heterocycles. The second kappa shape index (κ2) is 4.73. The second-order valence-electron chi connectivity index (χ2n) is 4.80. The summed E-state index contributed by atoms with van der Waals surface area (Å²) < 4.78 is 6.01. The van der Waals surface area contributed by atoms with Crippen LogP contribution in [0.1, 0.15) is 22.3 Å². The first-order chi connectivity index (χ1) is 8.49. The van der Waals surface area contributed by atoms with Gasteiger partial charge in [-0.15, -0.1) is 0 Å². The van der Waals surface area contributed by atoms with Gasteiger partial charge >= 0.3 is 0 Å². The van der Waals surface area contributed by atoms with E-state index in [-0.39, 0.29) is 0 Å². The van der Waals surface area contributed by atoms with Crippen LogP contribution in [0.15, 0.2) is 30.3 Å². The van der Waals surface area contributed by atoms with Crippen LogP contribution in [0.25, 0.3) is 0 Å². The van der Waals surface area contributed by atoms with Crippen molar-refractivity contribution in [3.05, 3.63) is 52.6 Å². The van der Waals surface area contributed by atoms with Crippen molar-refractivity contribution in [1.29, 1.82) is 0 Å². The van der Waals surface area contributed by atoms with Gasteiger partial charge in [-0.2, -0.15) is 0 Å². The molecular weight excluding hydrogens is 222 g/mol. The molecule has 0 heterocycles. The lowest BCUT2D eigenvalue weighted by Gasteiger charge is -2.15. The van der Waals surface area contributed by atoms with Gasteiger partial charge in [0, 0.05) is 0 Å². The fraction of sp³-hybridized carbons (Fsp3) is 0.250. The lowest BCUT2D eigenvalue weighted by molar-refractivity contribution is 0.476. The molecule has 2 aromatic rings. The van der Waals surface area contributed by atoms with Crippen LogP contribution >= 0.6 is 0 Å². The lowest BCUT2D eigenvalue weighted by atomic mass is 10.1. The number of aryl methyl sites for hydroxylation is 3. The molecule has 0 amide bonds. The summed E-state index contributed by atoms with van der Waals surface area (Å²) in [7, 11) is 0. The predicted octanol–water partition coefficient (Wildman–Crippen LogP) is 4.29. The van der Waals surface area contributed by atoms with E-state index < -0.39 is 0 Å². The summed E-state index contributed by atoms with van der Waals surface area (Å²) in [6.07, 6.45) is 0.